The van der Waals surface area contributed by atoms with Crippen molar-refractivity contribution in [3.05, 3.63) is 117 Å². The molecule has 0 aliphatic heterocycles. The number of halogens is 2. The van der Waals surface area contributed by atoms with Gasteiger partial charge in [0.1, 0.15) is 38.0 Å². The van der Waals surface area contributed by atoms with Crippen molar-refractivity contribution in [1.82, 2.24) is 19.9 Å². The summed E-state index contributed by atoms with van der Waals surface area (Å²) in [6.45, 7) is 1.42. The van der Waals surface area contributed by atoms with E-state index >= 15 is 0 Å². The molecule has 6 N–H and O–H groups in total. The molecule has 0 fully saturated rings. The molecule has 6 rings (SSSR count). The van der Waals surface area contributed by atoms with Crippen LogP contribution in [0, 0.1) is 0 Å². The third-order valence-electron chi connectivity index (χ3n) is 8.08. The summed E-state index contributed by atoms with van der Waals surface area (Å²) < 4.78 is 32.1. The number of nitrogens with one attached hydrogen (secondary N) is 2. The number of benzene rings is 2. The molecule has 6 aromatic rings. The topological polar surface area (TPSA) is 279 Å². The summed E-state index contributed by atoms with van der Waals surface area (Å²) in [5, 5.41) is 41.5. The van der Waals surface area contributed by atoms with E-state index in [9.17, 15) is 28.4 Å². The van der Waals surface area contributed by atoms with Gasteiger partial charge in [-0.05, 0) is 66.4 Å². The Bertz CT molecular complexity index is 2590. The first-order chi connectivity index (χ1) is 31.6. The van der Waals surface area contributed by atoms with Crippen LogP contribution < -0.4 is 34.4 Å². The third-order valence-corrected chi connectivity index (χ3v) is 10.5. The van der Waals surface area contributed by atoms with Gasteiger partial charge in [0, 0.05) is 31.4 Å². The first-order valence-corrected chi connectivity index (χ1v) is 20.8. The molecule has 24 heteroatoms. The van der Waals surface area contributed by atoms with Gasteiger partial charge in [-0.25, -0.2) is 14.4 Å². The van der Waals surface area contributed by atoms with Crippen LogP contribution in [-0.4, -0.2) is 119 Å². The number of allylic oxidation sites excluding steroid dienone is 1. The van der Waals surface area contributed by atoms with Gasteiger partial charge in [0.25, 0.3) is 11.6 Å². The molecule has 0 amide bonds. The van der Waals surface area contributed by atoms with Crippen LogP contribution >= 0.6 is 34.3 Å². The van der Waals surface area contributed by atoms with Gasteiger partial charge >= 0.3 is 31.1 Å². The lowest BCUT2D eigenvalue weighted by atomic mass is 9.90. The molecule has 0 atom stereocenters. The van der Waals surface area contributed by atoms with Crippen LogP contribution in [-0.2, 0) is 27.2 Å². The van der Waals surface area contributed by atoms with Crippen LogP contribution in [0.4, 0.5) is 16.0 Å². The smallest absolute Gasteiger partial charge is 0.497 e. The number of nitrogens with zero attached hydrogens (tertiary/aromatic N) is 4. The molecular weight excluding hydrogens is 926 g/mol. The molecule has 19 nitrogen and oxygen atoms in total. The number of aldehydes is 1. The number of aromatic carboxylic acids is 2. The average molecular weight is 969 g/mol. The highest BCUT2D eigenvalue weighted by atomic mass is 35.5. The van der Waals surface area contributed by atoms with Crippen molar-refractivity contribution in [2.75, 3.05) is 52.2 Å². The van der Waals surface area contributed by atoms with Gasteiger partial charge in [0.2, 0.25) is 0 Å². The zero-order valence-electron chi connectivity index (χ0n) is 35.4. The lowest BCUT2D eigenvalue weighted by Crippen LogP contribution is -2.26. The Morgan fingerprint density at radius 3 is 1.61 bits per heavy atom. The molecule has 0 unspecified atom stereocenters. The molecular formula is C42H43BClFN6O13S2. The number of ether oxygens (including phenoxy) is 4. The molecule has 0 saturated carbocycles. The number of carboxylic acids is 2. The number of methoxy groups -OCH3 is 4. The Kier molecular flexibility index (Phi) is 22.4. The van der Waals surface area contributed by atoms with Crippen LogP contribution in [0.5, 0.6) is 23.5 Å². The number of carbonyl (C=O) groups is 4. The fraction of sp³-hybridized carbons (Fsp3) is 0.190. The van der Waals surface area contributed by atoms with E-state index in [0.29, 0.717) is 35.0 Å². The maximum Gasteiger partial charge on any atom is 0.499 e. The average Bonchev–Trinajstić information content (AvgIpc) is 4.05. The molecule has 0 aliphatic rings. The second kappa shape index (κ2) is 27.8. The van der Waals surface area contributed by atoms with E-state index in [4.69, 9.17) is 50.8 Å². The Balaban J connectivity index is 0.000000337. The second-order valence-corrected chi connectivity index (χ2v) is 15.1. The minimum Gasteiger partial charge on any atom is -0.497 e. The second-order valence-electron chi connectivity index (χ2n) is 12.5. The third kappa shape index (κ3) is 18.1. The lowest BCUT2D eigenvalue weighted by molar-refractivity contribution is -0.128. The number of carboxylic acid groups (broad SMARTS) is 2. The number of aromatic nitrogens is 4. The summed E-state index contributed by atoms with van der Waals surface area (Å²) >= 11 is 7.88. The van der Waals surface area contributed by atoms with Gasteiger partial charge in [-0.3, -0.25) is 9.59 Å². The molecule has 0 aliphatic carbocycles. The van der Waals surface area contributed by atoms with Crippen molar-refractivity contribution >= 4 is 87.8 Å². The number of anilines is 2. The van der Waals surface area contributed by atoms with E-state index < -0.39 is 30.7 Å². The maximum absolute atomic E-state index is 11.4. The molecule has 348 valence electrons. The molecule has 0 bridgehead atoms. The van der Waals surface area contributed by atoms with Crippen molar-refractivity contribution in [3.8, 4) is 34.1 Å². The van der Waals surface area contributed by atoms with Gasteiger partial charge in [0.05, 0.1) is 39.0 Å². The number of thiophene rings is 2. The van der Waals surface area contributed by atoms with Gasteiger partial charge in [0.15, 0.2) is 12.2 Å². The van der Waals surface area contributed by atoms with Gasteiger partial charge in [-0.2, -0.15) is 24.3 Å². The predicted molar refractivity (Wildman–Crippen MR) is 247 cm³/mol. The maximum atomic E-state index is 11.4. The summed E-state index contributed by atoms with van der Waals surface area (Å²) in [4.78, 5) is 67.4. The van der Waals surface area contributed by atoms with Crippen LogP contribution in [0.3, 0.4) is 0 Å². The molecule has 4 aromatic heterocycles. The van der Waals surface area contributed by atoms with Crippen molar-refractivity contribution in [3.63, 3.8) is 0 Å². The van der Waals surface area contributed by atoms with Gasteiger partial charge in [-0.1, -0.05) is 41.9 Å². The summed E-state index contributed by atoms with van der Waals surface area (Å²) in [6, 6.07) is 25.8. The lowest BCUT2D eigenvalue weighted by Gasteiger charge is -2.09. The van der Waals surface area contributed by atoms with E-state index in [0.717, 1.165) is 58.4 Å². The predicted octanol–water partition coefficient (Wildman–Crippen LogP) is 5.19. The van der Waals surface area contributed by atoms with Crippen molar-refractivity contribution in [2.45, 2.75) is 12.8 Å². The standard InChI is InChI=1S/C19H19N3O4S.C14H16ClN3O2.C5H5BO4S.C4HFO3.H2/c1-25-13-5-3-12(4-6-13)9-10-20-17-11-14(21-19(22-17)26-2)15-7-8-16(27-15)18(23)24;1-19-11-5-3-10(4-6-11)7-8-16-13-9-12(15)17-14(18-13)20-2;7-5(8)3-1-2-4(11-3)6(9)10;5-3(1-6)4(8)2-7;/h3-8,11H,9-10H2,1-2H3,(H,23,24)(H,20,21,22);3-6,9H,7-8H2,1-2H3,(H,16,17,18);1-2,9-10H,(H,7,8);2H;1H. The van der Waals surface area contributed by atoms with Crippen LogP contribution in [0.1, 0.15) is 31.9 Å². The van der Waals surface area contributed by atoms with E-state index in [1.807, 2.05) is 48.5 Å². The number of ketones is 1. The zero-order chi connectivity index (χ0) is 48.6. The normalized spacial score (nSPS) is 9.82. The monoisotopic (exact) mass is 968 g/mol. The number of hydrogen-bond acceptors (Lipinski definition) is 19. The van der Waals surface area contributed by atoms with Crippen molar-refractivity contribution in [2.24, 2.45) is 0 Å². The summed E-state index contributed by atoms with van der Waals surface area (Å²) in [5.41, 5.74) is 3.01. The van der Waals surface area contributed by atoms with Gasteiger partial charge in [-0.15, -0.1) is 22.7 Å². The van der Waals surface area contributed by atoms with Crippen LogP contribution in [0.15, 0.2) is 90.8 Å². The highest BCUT2D eigenvalue weighted by Crippen LogP contribution is 2.29. The van der Waals surface area contributed by atoms with Crippen LogP contribution in [0.2, 0.25) is 5.15 Å². The van der Waals surface area contributed by atoms with Crippen LogP contribution in [0.25, 0.3) is 10.6 Å². The Hall–Kier alpha value is -7.27. The zero-order valence-corrected chi connectivity index (χ0v) is 37.8. The summed E-state index contributed by atoms with van der Waals surface area (Å²) in [5.74, 6) is -1.57. The number of hydrogen-bond donors (Lipinski definition) is 6. The summed E-state index contributed by atoms with van der Waals surface area (Å²) in [7, 11) is 4.73. The minimum absolute atomic E-state index is 0. The fourth-order valence-electron chi connectivity index (χ4n) is 4.87. The highest BCUT2D eigenvalue weighted by Gasteiger charge is 2.16. The highest BCUT2D eigenvalue weighted by molar-refractivity contribution is 7.23. The largest absolute Gasteiger partial charge is 0.499 e. The van der Waals surface area contributed by atoms with E-state index in [1.54, 1.807) is 38.5 Å². The summed E-state index contributed by atoms with van der Waals surface area (Å²) in [6.07, 6.45) is 1.39. The molecule has 66 heavy (non-hydrogen) atoms. The first-order valence-electron chi connectivity index (χ1n) is 18.8. The SMILES string of the molecule is COc1ccc(CCNc2cc(-c3ccc(C(=O)O)s3)nc(OC)n2)cc1.COc1ccc(CCNc2cc(Cl)nc(OC)n2)cc1.O=C(O)c1ccc(B(O)O)s1.O=C=C(F)C(=O)C=O.[HH]. The van der Waals surface area contributed by atoms with E-state index in [2.05, 4.69) is 30.6 Å². The molecule has 0 radical (unpaired) electrons. The molecule has 4 heterocycles. The van der Waals surface area contributed by atoms with Gasteiger partial charge < -0.3 is 49.8 Å². The van der Waals surface area contributed by atoms with Crippen molar-refractivity contribution in [1.29, 1.82) is 0 Å². The minimum atomic E-state index is -1.68. The van der Waals surface area contributed by atoms with E-state index in [-0.39, 0.29) is 34.3 Å². The Morgan fingerprint density at radius 1 is 0.727 bits per heavy atom. The Morgan fingerprint density at radius 2 is 1.21 bits per heavy atom. The molecule has 2 aromatic carbocycles. The molecule has 0 spiro atoms. The Labute approximate surface area is 391 Å². The number of carbonyl (C=O) groups excluding carboxylic acids is 3. The first kappa shape index (κ1) is 53.1. The quantitative estimate of drug-likeness (QED) is 0.0161. The number of rotatable bonds is 18. The van der Waals surface area contributed by atoms with E-state index in [1.165, 1.54) is 37.5 Å². The van der Waals surface area contributed by atoms with Crippen molar-refractivity contribution < 1.29 is 69.0 Å². The molecule has 0 saturated heterocycles. The number of Topliss-reactive ketones (excluding diaryl/α,β-unsaturated/α-hetero) is 1. The fourth-order valence-corrected chi connectivity index (χ4v) is 6.57.